The summed E-state index contributed by atoms with van der Waals surface area (Å²) >= 11 is 1.56. The van der Waals surface area contributed by atoms with E-state index >= 15 is 0 Å². The van der Waals surface area contributed by atoms with E-state index in [4.69, 9.17) is 0 Å². The van der Waals surface area contributed by atoms with Crippen molar-refractivity contribution in [2.75, 3.05) is 11.1 Å². The zero-order valence-corrected chi connectivity index (χ0v) is 17.3. The summed E-state index contributed by atoms with van der Waals surface area (Å²) in [5.41, 5.74) is 3.50. The monoisotopic (exact) mass is 415 g/mol. The van der Waals surface area contributed by atoms with E-state index in [-0.39, 0.29) is 18.2 Å². The molecule has 3 aromatic rings. The number of aromatic nitrogens is 1. The fourth-order valence-electron chi connectivity index (χ4n) is 3.52. The molecule has 1 amide bonds. The summed E-state index contributed by atoms with van der Waals surface area (Å²) in [4.78, 5) is 17.5. The Labute approximate surface area is 168 Å². The average molecular weight is 416 g/mol. The Balaban J connectivity index is 1.64. The molecule has 1 unspecified atom stereocenters. The minimum atomic E-state index is -3.52. The van der Waals surface area contributed by atoms with E-state index in [2.05, 4.69) is 10.3 Å². The van der Waals surface area contributed by atoms with Gasteiger partial charge in [0.15, 0.2) is 0 Å². The second-order valence-corrected chi connectivity index (χ2v) is 10.3. The molecule has 1 atom stereocenters. The van der Waals surface area contributed by atoms with Crippen molar-refractivity contribution in [2.24, 2.45) is 0 Å². The second kappa shape index (κ2) is 7.27. The van der Waals surface area contributed by atoms with Gasteiger partial charge >= 0.3 is 0 Å². The van der Waals surface area contributed by atoms with Gasteiger partial charge in [-0.05, 0) is 49.6 Å². The predicted octanol–water partition coefficient (Wildman–Crippen LogP) is 3.32. The predicted molar refractivity (Wildman–Crippen MR) is 112 cm³/mol. The summed E-state index contributed by atoms with van der Waals surface area (Å²) in [6.45, 7) is 3.76. The zero-order chi connectivity index (χ0) is 19.9. The summed E-state index contributed by atoms with van der Waals surface area (Å²) in [5.74, 6) is -0.350. The van der Waals surface area contributed by atoms with Gasteiger partial charge < -0.3 is 5.32 Å². The van der Waals surface area contributed by atoms with Gasteiger partial charge in [0, 0.05) is 12.2 Å². The van der Waals surface area contributed by atoms with Gasteiger partial charge in [-0.1, -0.05) is 24.3 Å². The number of hydrogen-bond donors (Lipinski definition) is 1. The quantitative estimate of drug-likeness (QED) is 0.709. The number of benzene rings is 2. The van der Waals surface area contributed by atoms with Crippen LogP contribution in [0, 0.1) is 6.92 Å². The molecule has 0 bridgehead atoms. The van der Waals surface area contributed by atoms with Crippen molar-refractivity contribution in [3.05, 3.63) is 58.6 Å². The third-order valence-corrected chi connectivity index (χ3v) is 7.75. The number of fused-ring (bicyclic) bond motifs is 2. The summed E-state index contributed by atoms with van der Waals surface area (Å²) < 4.78 is 27.6. The van der Waals surface area contributed by atoms with Crippen LogP contribution in [0.5, 0.6) is 0 Å². The number of hydrogen-bond acceptors (Lipinski definition) is 5. The second-order valence-electron chi connectivity index (χ2n) is 6.84. The van der Waals surface area contributed by atoms with Crippen molar-refractivity contribution < 1.29 is 13.2 Å². The maximum Gasteiger partial charge on any atom is 0.243 e. The van der Waals surface area contributed by atoms with Crippen LogP contribution in [0.4, 0.5) is 5.69 Å². The van der Waals surface area contributed by atoms with Crippen LogP contribution >= 0.6 is 11.3 Å². The van der Waals surface area contributed by atoms with Gasteiger partial charge in [0.05, 0.1) is 21.0 Å². The summed E-state index contributed by atoms with van der Waals surface area (Å²) in [7, 11) is -3.52. The lowest BCUT2D eigenvalue weighted by atomic mass is 9.95. The Morgan fingerprint density at radius 3 is 2.75 bits per heavy atom. The van der Waals surface area contributed by atoms with Crippen LogP contribution < -0.4 is 5.32 Å². The van der Waals surface area contributed by atoms with Crippen LogP contribution in [-0.2, 0) is 27.8 Å². The van der Waals surface area contributed by atoms with E-state index in [1.54, 1.807) is 24.3 Å². The van der Waals surface area contributed by atoms with E-state index in [0.717, 1.165) is 26.4 Å². The number of nitrogens with zero attached hydrogens (tertiary/aromatic N) is 2. The van der Waals surface area contributed by atoms with Crippen LogP contribution in [0.3, 0.4) is 0 Å². The molecule has 8 heteroatoms. The molecule has 0 radical (unpaired) electrons. The van der Waals surface area contributed by atoms with Crippen molar-refractivity contribution in [1.82, 2.24) is 9.29 Å². The summed E-state index contributed by atoms with van der Waals surface area (Å²) in [6, 6.07) is 12.5. The summed E-state index contributed by atoms with van der Waals surface area (Å²) in [6.07, 6.45) is 0.364. The number of anilines is 1. The molecule has 2 heterocycles. The topological polar surface area (TPSA) is 79.4 Å². The molecule has 2 aromatic carbocycles. The summed E-state index contributed by atoms with van der Waals surface area (Å²) in [5, 5.41) is 3.86. The number of aryl methyl sites for hydroxylation is 1. The molecule has 1 N–H and O–H groups in total. The average Bonchev–Trinajstić information content (AvgIpc) is 3.06. The molecule has 146 valence electrons. The van der Waals surface area contributed by atoms with Crippen molar-refractivity contribution in [3.8, 4) is 0 Å². The molecule has 1 aliphatic rings. The number of nitrogens with one attached hydrogen (secondary N) is 1. The molecular weight excluding hydrogens is 394 g/mol. The molecule has 6 nitrogen and oxygen atoms in total. The molecule has 1 aromatic heterocycles. The number of sulfonamides is 1. The van der Waals surface area contributed by atoms with Crippen molar-refractivity contribution >= 4 is 43.2 Å². The van der Waals surface area contributed by atoms with Gasteiger partial charge in [0.25, 0.3) is 0 Å². The first kappa shape index (κ1) is 19.0. The number of thiazole rings is 1. The normalized spacial score (nSPS) is 17.4. The highest BCUT2D eigenvalue weighted by atomic mass is 32.2. The van der Waals surface area contributed by atoms with Crippen LogP contribution in [0.1, 0.15) is 23.1 Å². The molecule has 0 spiro atoms. The molecule has 0 saturated carbocycles. The molecule has 1 aliphatic heterocycles. The molecule has 0 fully saturated rings. The van der Waals surface area contributed by atoms with Crippen molar-refractivity contribution in [2.45, 2.75) is 32.9 Å². The van der Waals surface area contributed by atoms with Crippen LogP contribution in [0.25, 0.3) is 10.2 Å². The Morgan fingerprint density at radius 1 is 1.25 bits per heavy atom. The SMILES string of the molecule is CCS(=O)(=O)N1Cc2ccccc2CC1C(=O)Nc1ccc2nc(C)sc2c1. The third-order valence-electron chi connectivity index (χ3n) is 4.99. The Bertz CT molecular complexity index is 1150. The van der Waals surface area contributed by atoms with Crippen molar-refractivity contribution in [1.29, 1.82) is 0 Å². The van der Waals surface area contributed by atoms with Crippen LogP contribution in [0.2, 0.25) is 0 Å². The third kappa shape index (κ3) is 3.55. The smallest absolute Gasteiger partial charge is 0.243 e. The van der Waals surface area contributed by atoms with Gasteiger partial charge in [-0.2, -0.15) is 4.31 Å². The van der Waals surface area contributed by atoms with E-state index in [9.17, 15) is 13.2 Å². The lowest BCUT2D eigenvalue weighted by Crippen LogP contribution is -2.51. The van der Waals surface area contributed by atoms with Gasteiger partial charge in [0.1, 0.15) is 6.04 Å². The lowest BCUT2D eigenvalue weighted by Gasteiger charge is -2.34. The molecular formula is C20H21N3O3S2. The highest BCUT2D eigenvalue weighted by Crippen LogP contribution is 2.28. The maximum absolute atomic E-state index is 13.1. The van der Waals surface area contributed by atoms with Gasteiger partial charge in [-0.3, -0.25) is 4.79 Å². The first-order valence-corrected chi connectivity index (χ1v) is 11.5. The standard InChI is InChI=1S/C20H21N3O3S2/c1-3-28(25,26)23-12-15-7-5-4-6-14(15)10-18(23)20(24)22-16-8-9-17-19(11-16)27-13(2)21-17/h4-9,11,18H,3,10,12H2,1-2H3,(H,22,24). The minimum absolute atomic E-state index is 0.0367. The lowest BCUT2D eigenvalue weighted by molar-refractivity contribution is -0.120. The number of carbonyl (C=O) groups excluding carboxylic acids is 1. The van der Waals surface area contributed by atoms with Crippen LogP contribution in [0.15, 0.2) is 42.5 Å². The molecule has 28 heavy (non-hydrogen) atoms. The minimum Gasteiger partial charge on any atom is -0.325 e. The Morgan fingerprint density at radius 2 is 2.00 bits per heavy atom. The van der Waals surface area contributed by atoms with Crippen LogP contribution in [-0.4, -0.2) is 35.4 Å². The van der Waals surface area contributed by atoms with Gasteiger partial charge in [-0.25, -0.2) is 13.4 Å². The molecule has 4 rings (SSSR count). The molecule has 0 saturated heterocycles. The number of rotatable bonds is 4. The highest BCUT2D eigenvalue weighted by Gasteiger charge is 2.37. The van der Waals surface area contributed by atoms with E-state index in [1.807, 2.05) is 43.3 Å². The van der Waals surface area contributed by atoms with E-state index in [1.165, 1.54) is 4.31 Å². The van der Waals surface area contributed by atoms with E-state index < -0.39 is 16.1 Å². The first-order valence-electron chi connectivity index (χ1n) is 9.12. The Kier molecular flexibility index (Phi) is 4.95. The molecule has 0 aliphatic carbocycles. The van der Waals surface area contributed by atoms with Gasteiger partial charge in [0.2, 0.25) is 15.9 Å². The fraction of sp³-hybridized carbons (Fsp3) is 0.300. The number of carbonyl (C=O) groups is 1. The van der Waals surface area contributed by atoms with E-state index in [0.29, 0.717) is 12.1 Å². The Hall–Kier alpha value is -2.29. The highest BCUT2D eigenvalue weighted by molar-refractivity contribution is 7.89. The van der Waals surface area contributed by atoms with Crippen molar-refractivity contribution in [3.63, 3.8) is 0 Å². The number of amides is 1. The maximum atomic E-state index is 13.1. The zero-order valence-electron chi connectivity index (χ0n) is 15.7. The fourth-order valence-corrected chi connectivity index (χ4v) is 5.62. The van der Waals surface area contributed by atoms with Gasteiger partial charge in [-0.15, -0.1) is 11.3 Å². The first-order chi connectivity index (χ1) is 13.4. The largest absolute Gasteiger partial charge is 0.325 e.